The van der Waals surface area contributed by atoms with Crippen molar-refractivity contribution in [3.8, 4) is 0 Å². The van der Waals surface area contributed by atoms with Crippen molar-refractivity contribution in [2.24, 2.45) is 5.10 Å². The van der Waals surface area contributed by atoms with Crippen molar-refractivity contribution >= 4 is 56.0 Å². The van der Waals surface area contributed by atoms with E-state index in [0.29, 0.717) is 16.0 Å². The van der Waals surface area contributed by atoms with Gasteiger partial charge in [-0.3, -0.25) is 9.59 Å². The fraction of sp³-hybridized carbons (Fsp3) is 0.0417. The van der Waals surface area contributed by atoms with E-state index < -0.39 is 11.8 Å². The van der Waals surface area contributed by atoms with E-state index >= 15 is 0 Å². The van der Waals surface area contributed by atoms with E-state index in [1.165, 1.54) is 6.21 Å². The van der Waals surface area contributed by atoms with Crippen LogP contribution in [0.1, 0.15) is 28.6 Å². The first-order chi connectivity index (χ1) is 15.4. The number of halogens is 2. The van der Waals surface area contributed by atoms with Gasteiger partial charge in [0, 0.05) is 11.6 Å². The first-order valence-electron chi connectivity index (χ1n) is 9.52. The Hall–Kier alpha value is -3.23. The van der Waals surface area contributed by atoms with Crippen molar-refractivity contribution in [3.05, 3.63) is 110 Å². The number of allylic oxidation sites excluding steroid dienone is 2. The highest BCUT2D eigenvalue weighted by molar-refractivity contribution is 9.13. The average Bonchev–Trinajstić information content (AvgIpc) is 3.11. The Morgan fingerprint density at radius 2 is 1.66 bits per heavy atom. The first-order valence-corrected chi connectivity index (χ1v) is 11.1. The third-order valence-electron chi connectivity index (χ3n) is 4.12. The van der Waals surface area contributed by atoms with E-state index in [1.54, 1.807) is 36.4 Å². The van der Waals surface area contributed by atoms with Crippen LogP contribution in [-0.4, -0.2) is 18.0 Å². The molecule has 0 fully saturated rings. The fourth-order valence-corrected chi connectivity index (χ4v) is 3.27. The molecule has 0 spiro atoms. The Morgan fingerprint density at radius 1 is 1.00 bits per heavy atom. The summed E-state index contributed by atoms with van der Waals surface area (Å²) < 4.78 is 6.63. The molecule has 3 aromatic rings. The van der Waals surface area contributed by atoms with Crippen molar-refractivity contribution in [2.45, 2.75) is 6.92 Å². The summed E-state index contributed by atoms with van der Waals surface area (Å²) in [5.74, 6) is -0.540. The molecule has 0 saturated heterocycles. The Morgan fingerprint density at radius 3 is 2.28 bits per heavy atom. The highest BCUT2D eigenvalue weighted by Crippen LogP contribution is 2.25. The third kappa shape index (κ3) is 6.90. The van der Waals surface area contributed by atoms with Crippen LogP contribution in [0.5, 0.6) is 0 Å². The largest absolute Gasteiger partial charge is 0.447 e. The number of amides is 2. The van der Waals surface area contributed by atoms with Gasteiger partial charge < -0.3 is 9.73 Å². The van der Waals surface area contributed by atoms with Gasteiger partial charge >= 0.3 is 0 Å². The number of benzene rings is 2. The van der Waals surface area contributed by atoms with Crippen LogP contribution in [-0.2, 0) is 4.79 Å². The highest BCUT2D eigenvalue weighted by Gasteiger charge is 2.14. The predicted octanol–water partition coefficient (Wildman–Crippen LogP) is 5.67. The molecule has 1 aromatic heterocycles. The first kappa shape index (κ1) is 23.4. The van der Waals surface area contributed by atoms with E-state index in [4.69, 9.17) is 4.42 Å². The van der Waals surface area contributed by atoms with Crippen LogP contribution >= 0.6 is 31.9 Å². The summed E-state index contributed by atoms with van der Waals surface area (Å²) in [4.78, 5) is 25.4. The minimum absolute atomic E-state index is 0.0579. The van der Waals surface area contributed by atoms with E-state index in [2.05, 4.69) is 47.7 Å². The van der Waals surface area contributed by atoms with Gasteiger partial charge in [0.25, 0.3) is 11.8 Å². The molecule has 0 aliphatic rings. The Labute approximate surface area is 202 Å². The van der Waals surface area contributed by atoms with E-state index in [1.807, 2.05) is 49.4 Å². The molecule has 162 valence electrons. The van der Waals surface area contributed by atoms with Crippen LogP contribution < -0.4 is 10.7 Å². The van der Waals surface area contributed by atoms with Crippen LogP contribution in [0.2, 0.25) is 0 Å². The Balaban J connectivity index is 1.80. The number of furan rings is 1. The number of hydrogen-bond acceptors (Lipinski definition) is 4. The Bertz CT molecular complexity index is 1160. The lowest BCUT2D eigenvalue weighted by atomic mass is 10.1. The second kappa shape index (κ2) is 11.4. The molecule has 2 aromatic carbocycles. The van der Waals surface area contributed by atoms with Gasteiger partial charge in [0.05, 0.1) is 10.7 Å². The number of hydrogen-bond donors (Lipinski definition) is 2. The maximum absolute atomic E-state index is 12.8. The summed E-state index contributed by atoms with van der Waals surface area (Å²) in [7, 11) is 0. The lowest BCUT2D eigenvalue weighted by Gasteiger charge is -2.09. The topological polar surface area (TPSA) is 83.7 Å². The maximum atomic E-state index is 12.8. The number of carbonyl (C=O) groups excluding carboxylic acids is 2. The van der Waals surface area contributed by atoms with Crippen LogP contribution in [0.3, 0.4) is 0 Å². The van der Waals surface area contributed by atoms with Gasteiger partial charge in [0.2, 0.25) is 0 Å². The molecule has 0 radical (unpaired) electrons. The zero-order valence-corrected chi connectivity index (χ0v) is 20.2. The molecule has 2 amide bonds. The van der Waals surface area contributed by atoms with Crippen molar-refractivity contribution in [2.75, 3.05) is 0 Å². The molecule has 1 heterocycles. The van der Waals surface area contributed by atoms with Gasteiger partial charge in [-0.1, -0.05) is 54.6 Å². The maximum Gasteiger partial charge on any atom is 0.287 e. The molecule has 0 atom stereocenters. The average molecular weight is 557 g/mol. The van der Waals surface area contributed by atoms with Crippen LogP contribution in [0.15, 0.2) is 103 Å². The number of carbonyl (C=O) groups is 2. The van der Waals surface area contributed by atoms with E-state index in [9.17, 15) is 9.59 Å². The summed E-state index contributed by atoms with van der Waals surface area (Å²) in [6, 6.07) is 20.0. The summed E-state index contributed by atoms with van der Waals surface area (Å²) in [5, 5.41) is 6.59. The smallest absolute Gasteiger partial charge is 0.287 e. The molecular formula is C24H19Br2N3O3. The molecule has 0 aliphatic carbocycles. The molecule has 8 heteroatoms. The van der Waals surface area contributed by atoms with Crippen molar-refractivity contribution in [3.63, 3.8) is 0 Å². The van der Waals surface area contributed by atoms with Gasteiger partial charge in [0.15, 0.2) is 4.67 Å². The molecule has 0 aliphatic heterocycles. The van der Waals surface area contributed by atoms with E-state index in [-0.39, 0.29) is 5.70 Å². The molecular weight excluding hydrogens is 538 g/mol. The number of hydrazone groups is 1. The quantitative estimate of drug-likeness (QED) is 0.170. The number of nitrogens with zero attached hydrogens (tertiary/aromatic N) is 1. The Kier molecular flexibility index (Phi) is 8.35. The van der Waals surface area contributed by atoms with Gasteiger partial charge in [-0.25, -0.2) is 5.43 Å². The summed E-state index contributed by atoms with van der Waals surface area (Å²) in [5.41, 5.74) is 4.66. The third-order valence-corrected chi connectivity index (χ3v) is 5.83. The normalized spacial score (nSPS) is 12.1. The molecule has 32 heavy (non-hydrogen) atoms. The molecule has 0 unspecified atom stereocenters. The standard InChI is InChI=1S/C24H19Br2N3O3/c1-16(12-17-8-4-2-5-9-17)13-21(28-23(30)18-10-6-3-7-11-18)24(31)29-27-15-19-14-20(25)22(26)32-19/h2-15H,1H3,(H,28,30)(H,29,31)/b16-12-,21-13-,27-15?. The van der Waals surface area contributed by atoms with Crippen molar-refractivity contribution < 1.29 is 14.0 Å². The van der Waals surface area contributed by atoms with Gasteiger partial charge in [-0.15, -0.1) is 0 Å². The van der Waals surface area contributed by atoms with E-state index in [0.717, 1.165) is 15.6 Å². The summed E-state index contributed by atoms with van der Waals surface area (Å²) in [6.07, 6.45) is 4.86. The highest BCUT2D eigenvalue weighted by atomic mass is 79.9. The molecule has 0 bridgehead atoms. The lowest BCUT2D eigenvalue weighted by Crippen LogP contribution is -2.33. The summed E-state index contributed by atoms with van der Waals surface area (Å²) >= 11 is 6.55. The fourth-order valence-electron chi connectivity index (χ4n) is 2.67. The second-order valence-corrected chi connectivity index (χ2v) is 8.22. The summed E-state index contributed by atoms with van der Waals surface area (Å²) in [6.45, 7) is 1.84. The minimum atomic E-state index is -0.573. The van der Waals surface area contributed by atoms with Gasteiger partial charge in [-0.2, -0.15) is 5.10 Å². The molecule has 2 N–H and O–H groups in total. The SMILES string of the molecule is CC(=C/c1ccccc1)/C=C(\NC(=O)c1ccccc1)C(=O)NN=Cc1cc(Br)c(Br)o1. The van der Waals surface area contributed by atoms with Crippen LogP contribution in [0.4, 0.5) is 0 Å². The lowest BCUT2D eigenvalue weighted by molar-refractivity contribution is -0.117. The van der Waals surface area contributed by atoms with Gasteiger partial charge in [-0.05, 0) is 68.1 Å². The van der Waals surface area contributed by atoms with Crippen LogP contribution in [0.25, 0.3) is 6.08 Å². The molecule has 3 rings (SSSR count). The molecule has 6 nitrogen and oxygen atoms in total. The second-order valence-electron chi connectivity index (χ2n) is 6.65. The number of nitrogens with one attached hydrogen (secondary N) is 2. The monoisotopic (exact) mass is 555 g/mol. The zero-order valence-electron chi connectivity index (χ0n) is 17.0. The predicted molar refractivity (Wildman–Crippen MR) is 132 cm³/mol. The van der Waals surface area contributed by atoms with Crippen LogP contribution in [0, 0.1) is 0 Å². The van der Waals surface area contributed by atoms with Crippen molar-refractivity contribution in [1.82, 2.24) is 10.7 Å². The molecule has 0 saturated carbocycles. The van der Waals surface area contributed by atoms with Crippen molar-refractivity contribution in [1.29, 1.82) is 0 Å². The zero-order chi connectivity index (χ0) is 22.9. The minimum Gasteiger partial charge on any atom is -0.447 e. The number of rotatable bonds is 7. The van der Waals surface area contributed by atoms with Gasteiger partial charge in [0.1, 0.15) is 11.5 Å².